The molecule has 4 nitrogen and oxygen atoms in total. The summed E-state index contributed by atoms with van der Waals surface area (Å²) in [5, 5.41) is 8.56. The van der Waals surface area contributed by atoms with Gasteiger partial charge < -0.3 is 9.30 Å². The van der Waals surface area contributed by atoms with Crippen LogP contribution in [0.4, 0.5) is 0 Å². The Bertz CT molecular complexity index is 2770. The summed E-state index contributed by atoms with van der Waals surface area (Å²) in [6.45, 7) is 0. The molecule has 10 rings (SSSR count). The van der Waals surface area contributed by atoms with Gasteiger partial charge in [0.1, 0.15) is 17.1 Å². The summed E-state index contributed by atoms with van der Waals surface area (Å²) in [4.78, 5) is 4.69. The second kappa shape index (κ2) is 8.93. The smallest absolute Gasteiger partial charge is 0.145 e. The van der Waals surface area contributed by atoms with Gasteiger partial charge in [0.15, 0.2) is 0 Å². The quantitative estimate of drug-likeness (QED) is 0.194. The van der Waals surface area contributed by atoms with Crippen molar-refractivity contribution >= 4 is 80.6 Å². The van der Waals surface area contributed by atoms with Crippen molar-refractivity contribution in [2.45, 2.75) is 0 Å². The van der Waals surface area contributed by atoms with E-state index in [1.165, 1.54) is 52.8 Å². The van der Waals surface area contributed by atoms with E-state index in [2.05, 4.69) is 130 Å². The van der Waals surface area contributed by atoms with E-state index >= 15 is 0 Å². The molecule has 0 radical (unpaired) electrons. The lowest BCUT2D eigenvalue weighted by Gasteiger charge is -2.13. The summed E-state index contributed by atoms with van der Waals surface area (Å²) in [5.41, 5.74) is 5.52. The molecular formula is C39H23N3OS. The SMILES string of the molecule is c1cc(Oc2ccc3c4ccccc4n4ccnc4c3c2)cc(-n2c3ccccc3c3cc4c(cc32)sc2ccccc24)c1. The average molecular weight is 582 g/mol. The third kappa shape index (κ3) is 3.36. The van der Waals surface area contributed by atoms with Crippen LogP contribution < -0.4 is 4.74 Å². The molecule has 0 saturated heterocycles. The lowest BCUT2D eigenvalue weighted by molar-refractivity contribution is 0.483. The van der Waals surface area contributed by atoms with Gasteiger partial charge in [-0.3, -0.25) is 4.40 Å². The molecule has 0 saturated carbocycles. The number of aromatic nitrogens is 3. The molecule has 4 aromatic heterocycles. The first-order valence-corrected chi connectivity index (χ1v) is 15.5. The molecule has 0 spiro atoms. The number of rotatable bonds is 3. The van der Waals surface area contributed by atoms with Gasteiger partial charge in [0.2, 0.25) is 0 Å². The number of imidazole rings is 1. The molecule has 4 heterocycles. The summed E-state index contributed by atoms with van der Waals surface area (Å²) >= 11 is 1.85. The molecule has 0 bridgehead atoms. The first kappa shape index (κ1) is 23.9. The van der Waals surface area contributed by atoms with Crippen LogP contribution in [0.3, 0.4) is 0 Å². The van der Waals surface area contributed by atoms with Gasteiger partial charge in [0.25, 0.3) is 0 Å². The molecule has 0 aliphatic rings. The van der Waals surface area contributed by atoms with Crippen molar-refractivity contribution in [1.82, 2.24) is 14.0 Å². The van der Waals surface area contributed by atoms with Crippen molar-refractivity contribution in [3.05, 3.63) is 140 Å². The number of ether oxygens (including phenoxy) is 1. The van der Waals surface area contributed by atoms with Crippen LogP contribution >= 0.6 is 11.3 Å². The standard InChI is InChI=1S/C39H23N3OS/c1-4-13-34-28(10-1)27-17-16-26(21-33(27)39-40-18-19-41(34)39)43-25-9-7-8-24(20-25)42-35-14-5-2-11-29(35)31-22-32-30-12-3-6-15-37(30)44-38(32)23-36(31)42/h1-23H. The fourth-order valence-corrected chi connectivity index (χ4v) is 8.02. The van der Waals surface area contributed by atoms with Crippen LogP contribution in [0.5, 0.6) is 11.5 Å². The highest BCUT2D eigenvalue weighted by atomic mass is 32.1. The molecule has 0 fully saturated rings. The number of hydrogen-bond donors (Lipinski definition) is 0. The maximum atomic E-state index is 6.55. The van der Waals surface area contributed by atoms with Gasteiger partial charge in [-0.05, 0) is 66.0 Å². The lowest BCUT2D eigenvalue weighted by Crippen LogP contribution is -1.95. The minimum Gasteiger partial charge on any atom is -0.457 e. The Labute approximate surface area is 255 Å². The molecule has 206 valence electrons. The van der Waals surface area contributed by atoms with Crippen LogP contribution in [0.2, 0.25) is 0 Å². The summed E-state index contributed by atoms with van der Waals surface area (Å²) in [6, 6.07) is 45.3. The molecule has 0 aliphatic heterocycles. The predicted octanol–water partition coefficient (Wildman–Crippen LogP) is 10.9. The second-order valence-electron chi connectivity index (χ2n) is 11.3. The highest BCUT2D eigenvalue weighted by Gasteiger charge is 2.16. The van der Waals surface area contributed by atoms with E-state index in [0.717, 1.165) is 33.7 Å². The maximum Gasteiger partial charge on any atom is 0.145 e. The lowest BCUT2D eigenvalue weighted by atomic mass is 10.1. The van der Waals surface area contributed by atoms with Crippen molar-refractivity contribution in [2.75, 3.05) is 0 Å². The zero-order valence-electron chi connectivity index (χ0n) is 23.4. The van der Waals surface area contributed by atoms with Gasteiger partial charge in [-0.25, -0.2) is 4.98 Å². The zero-order valence-corrected chi connectivity index (χ0v) is 24.3. The van der Waals surface area contributed by atoms with Gasteiger partial charge in [-0.1, -0.05) is 60.7 Å². The number of hydrogen-bond acceptors (Lipinski definition) is 3. The molecule has 6 aromatic carbocycles. The van der Waals surface area contributed by atoms with Crippen molar-refractivity contribution in [2.24, 2.45) is 0 Å². The van der Waals surface area contributed by atoms with Crippen LogP contribution in [0.15, 0.2) is 140 Å². The topological polar surface area (TPSA) is 31.5 Å². The molecule has 5 heteroatoms. The Morgan fingerprint density at radius 1 is 0.500 bits per heavy atom. The maximum absolute atomic E-state index is 6.55. The van der Waals surface area contributed by atoms with Crippen LogP contribution in [0, 0.1) is 0 Å². The van der Waals surface area contributed by atoms with Crippen molar-refractivity contribution in [3.63, 3.8) is 0 Å². The summed E-state index contributed by atoms with van der Waals surface area (Å²) in [6.07, 6.45) is 3.88. The Morgan fingerprint density at radius 3 is 2.18 bits per heavy atom. The first-order chi connectivity index (χ1) is 21.8. The second-order valence-corrected chi connectivity index (χ2v) is 12.3. The minimum atomic E-state index is 0.782. The van der Waals surface area contributed by atoms with Crippen molar-refractivity contribution in [3.8, 4) is 17.2 Å². The van der Waals surface area contributed by atoms with Gasteiger partial charge in [0, 0.05) is 65.9 Å². The normalized spacial score (nSPS) is 12.1. The Hall–Kier alpha value is -5.65. The van der Waals surface area contributed by atoms with E-state index in [9.17, 15) is 0 Å². The molecule has 10 aromatic rings. The van der Waals surface area contributed by atoms with Gasteiger partial charge in [-0.15, -0.1) is 11.3 Å². The van der Waals surface area contributed by atoms with Crippen LogP contribution in [-0.4, -0.2) is 14.0 Å². The van der Waals surface area contributed by atoms with E-state index in [-0.39, 0.29) is 0 Å². The summed E-state index contributed by atoms with van der Waals surface area (Å²) < 4.78 is 13.7. The third-order valence-electron chi connectivity index (χ3n) is 8.81. The molecule has 0 unspecified atom stereocenters. The van der Waals surface area contributed by atoms with Crippen molar-refractivity contribution in [1.29, 1.82) is 0 Å². The minimum absolute atomic E-state index is 0.782. The highest BCUT2D eigenvalue weighted by Crippen LogP contribution is 2.41. The predicted molar refractivity (Wildman–Crippen MR) is 184 cm³/mol. The molecule has 44 heavy (non-hydrogen) atoms. The van der Waals surface area contributed by atoms with Crippen LogP contribution in [-0.2, 0) is 0 Å². The number of thiophene rings is 1. The van der Waals surface area contributed by atoms with E-state index in [4.69, 9.17) is 9.72 Å². The fourth-order valence-electron chi connectivity index (χ4n) is 6.90. The van der Waals surface area contributed by atoms with Gasteiger partial charge >= 0.3 is 0 Å². The van der Waals surface area contributed by atoms with E-state index in [1.54, 1.807) is 0 Å². The molecule has 0 aliphatic carbocycles. The van der Waals surface area contributed by atoms with E-state index in [1.807, 2.05) is 29.8 Å². The highest BCUT2D eigenvalue weighted by molar-refractivity contribution is 7.25. The summed E-state index contributed by atoms with van der Waals surface area (Å²) in [7, 11) is 0. The molecule has 0 amide bonds. The fraction of sp³-hybridized carbons (Fsp3) is 0. The molecular weight excluding hydrogens is 559 g/mol. The molecule has 0 N–H and O–H groups in total. The monoisotopic (exact) mass is 581 g/mol. The number of pyridine rings is 1. The largest absolute Gasteiger partial charge is 0.457 e. The number of benzene rings is 6. The van der Waals surface area contributed by atoms with Crippen LogP contribution in [0.25, 0.3) is 75.0 Å². The van der Waals surface area contributed by atoms with Gasteiger partial charge in [-0.2, -0.15) is 0 Å². The Morgan fingerprint density at radius 2 is 1.27 bits per heavy atom. The molecule has 0 atom stereocenters. The van der Waals surface area contributed by atoms with E-state index < -0.39 is 0 Å². The number of para-hydroxylation sites is 2. The van der Waals surface area contributed by atoms with Crippen LogP contribution in [0.1, 0.15) is 0 Å². The van der Waals surface area contributed by atoms with Crippen molar-refractivity contribution < 1.29 is 4.74 Å². The van der Waals surface area contributed by atoms with E-state index in [0.29, 0.717) is 0 Å². The third-order valence-corrected chi connectivity index (χ3v) is 9.94. The zero-order chi connectivity index (χ0) is 28.8. The number of fused-ring (bicyclic) bond motifs is 12. The Kier molecular flexibility index (Phi) is 4.84. The summed E-state index contributed by atoms with van der Waals surface area (Å²) in [5.74, 6) is 1.57. The number of nitrogens with zero attached hydrogens (tertiary/aromatic N) is 3. The first-order valence-electron chi connectivity index (χ1n) is 14.7. The Balaban J connectivity index is 1.13. The van der Waals surface area contributed by atoms with Gasteiger partial charge in [0.05, 0.1) is 16.6 Å². The average Bonchev–Trinajstić information content (AvgIpc) is 3.78.